The fraction of sp³-hybridized carbons (Fsp3) is 0.333. The Hall–Kier alpha value is -2.44. The van der Waals surface area contributed by atoms with Crippen LogP contribution < -0.4 is 5.32 Å². The summed E-state index contributed by atoms with van der Waals surface area (Å²) in [6, 6.07) is 17.2. The predicted molar refractivity (Wildman–Crippen MR) is 122 cm³/mol. The maximum absolute atomic E-state index is 11.8. The molecule has 1 aromatic heterocycles. The molecule has 0 radical (unpaired) electrons. The Morgan fingerprint density at radius 2 is 1.90 bits per heavy atom. The molecule has 0 aliphatic heterocycles. The van der Waals surface area contributed by atoms with E-state index in [1.54, 1.807) is 0 Å². The van der Waals surface area contributed by atoms with Crippen LogP contribution in [0.5, 0.6) is 0 Å². The van der Waals surface area contributed by atoms with Gasteiger partial charge in [-0.05, 0) is 30.0 Å². The minimum absolute atomic E-state index is 0.442. The van der Waals surface area contributed by atoms with Crippen LogP contribution in [0.4, 0.5) is 0 Å². The van der Waals surface area contributed by atoms with Gasteiger partial charge in [0.25, 0.3) is 0 Å². The summed E-state index contributed by atoms with van der Waals surface area (Å²) in [6.45, 7) is 3.33. The molecule has 1 heterocycles. The van der Waals surface area contributed by atoms with Crippen molar-refractivity contribution in [2.75, 3.05) is 0 Å². The van der Waals surface area contributed by atoms with Crippen LogP contribution in [0.1, 0.15) is 42.4 Å². The number of carboxylic acids is 1. The summed E-state index contributed by atoms with van der Waals surface area (Å²) >= 11 is 3.64. The number of carboxylic acid groups (broad SMARTS) is 1. The van der Waals surface area contributed by atoms with Crippen molar-refractivity contribution in [3.63, 3.8) is 0 Å². The molecule has 6 heteroatoms. The first kappa shape index (κ1) is 22.2. The van der Waals surface area contributed by atoms with Gasteiger partial charge in [-0.2, -0.15) is 0 Å². The highest BCUT2D eigenvalue weighted by atomic mass is 79.9. The lowest BCUT2D eigenvalue weighted by atomic mass is 10.1. The molecule has 0 aliphatic carbocycles. The highest BCUT2D eigenvalue weighted by molar-refractivity contribution is 9.10. The van der Waals surface area contributed by atoms with Crippen molar-refractivity contribution in [3.05, 3.63) is 87.9 Å². The molecule has 30 heavy (non-hydrogen) atoms. The third-order valence-electron chi connectivity index (χ3n) is 5.17. The first-order valence-electron chi connectivity index (χ1n) is 10.3. The molecular weight excluding hydrogens is 442 g/mol. The summed E-state index contributed by atoms with van der Waals surface area (Å²) in [5.74, 6) is 0.196. The van der Waals surface area contributed by atoms with E-state index in [2.05, 4.69) is 43.8 Å². The second-order valence-electron chi connectivity index (χ2n) is 7.41. The van der Waals surface area contributed by atoms with E-state index < -0.39 is 12.0 Å². The number of benzene rings is 2. The Bertz CT molecular complexity index is 956. The van der Waals surface area contributed by atoms with Gasteiger partial charge in [0.15, 0.2) is 0 Å². The van der Waals surface area contributed by atoms with E-state index in [1.807, 2.05) is 54.7 Å². The van der Waals surface area contributed by atoms with Crippen molar-refractivity contribution in [2.24, 2.45) is 0 Å². The lowest BCUT2D eigenvalue weighted by molar-refractivity contribution is -0.139. The molecule has 0 bridgehead atoms. The summed E-state index contributed by atoms with van der Waals surface area (Å²) in [6.07, 6.45) is 5.40. The lowest BCUT2D eigenvalue weighted by Crippen LogP contribution is -2.38. The van der Waals surface area contributed by atoms with E-state index in [9.17, 15) is 9.90 Å². The van der Waals surface area contributed by atoms with Gasteiger partial charge < -0.3 is 9.67 Å². The molecule has 2 N–H and O–H groups in total. The lowest BCUT2D eigenvalue weighted by Gasteiger charge is -2.17. The average molecular weight is 470 g/mol. The number of halogens is 1. The molecule has 1 atom stereocenters. The Balaban J connectivity index is 1.77. The molecule has 158 valence electrons. The molecule has 1 unspecified atom stereocenters. The van der Waals surface area contributed by atoms with Crippen molar-refractivity contribution in [1.29, 1.82) is 0 Å². The first-order chi connectivity index (χ1) is 14.6. The third-order valence-corrected chi connectivity index (χ3v) is 5.95. The number of aryl methyl sites for hydroxylation is 1. The van der Waals surface area contributed by atoms with Crippen molar-refractivity contribution in [3.8, 4) is 0 Å². The van der Waals surface area contributed by atoms with Gasteiger partial charge in [-0.3, -0.25) is 10.1 Å². The fourth-order valence-electron chi connectivity index (χ4n) is 3.44. The second-order valence-corrected chi connectivity index (χ2v) is 8.26. The van der Waals surface area contributed by atoms with Crippen LogP contribution in [0.25, 0.3) is 0 Å². The molecule has 0 saturated heterocycles. The Labute approximate surface area is 186 Å². The zero-order valence-corrected chi connectivity index (χ0v) is 18.8. The fourth-order valence-corrected chi connectivity index (χ4v) is 3.85. The number of aliphatic carboxylic acids is 1. The minimum Gasteiger partial charge on any atom is -0.480 e. The molecule has 0 fully saturated rings. The highest BCUT2D eigenvalue weighted by Gasteiger charge is 2.19. The van der Waals surface area contributed by atoms with Crippen LogP contribution in [-0.2, 0) is 30.7 Å². The Morgan fingerprint density at radius 1 is 1.17 bits per heavy atom. The number of nitrogens with zero attached hydrogens (tertiary/aromatic N) is 2. The number of carbonyl (C=O) groups is 1. The number of hydrogen-bond acceptors (Lipinski definition) is 3. The maximum atomic E-state index is 11.8. The van der Waals surface area contributed by atoms with Crippen LogP contribution in [0.3, 0.4) is 0 Å². The molecule has 0 amide bonds. The average Bonchev–Trinajstić information content (AvgIpc) is 3.13. The van der Waals surface area contributed by atoms with Gasteiger partial charge in [-0.25, -0.2) is 4.98 Å². The van der Waals surface area contributed by atoms with Crippen LogP contribution in [-0.4, -0.2) is 26.7 Å². The van der Waals surface area contributed by atoms with E-state index in [0.29, 0.717) is 19.5 Å². The van der Waals surface area contributed by atoms with E-state index in [-0.39, 0.29) is 0 Å². The summed E-state index contributed by atoms with van der Waals surface area (Å²) in [5, 5.41) is 12.9. The molecular formula is C24H28BrN3O2. The smallest absolute Gasteiger partial charge is 0.321 e. The predicted octanol–water partition coefficient (Wildman–Crippen LogP) is 4.82. The summed E-state index contributed by atoms with van der Waals surface area (Å²) in [5.41, 5.74) is 3.17. The molecule has 0 aliphatic rings. The molecule has 3 aromatic rings. The van der Waals surface area contributed by atoms with Gasteiger partial charge in [-0.1, -0.05) is 77.8 Å². The largest absolute Gasteiger partial charge is 0.480 e. The van der Waals surface area contributed by atoms with Crippen molar-refractivity contribution >= 4 is 21.9 Å². The highest BCUT2D eigenvalue weighted by Crippen LogP contribution is 2.20. The van der Waals surface area contributed by atoms with Crippen molar-refractivity contribution in [1.82, 2.24) is 14.9 Å². The number of rotatable bonds is 11. The maximum Gasteiger partial charge on any atom is 0.321 e. The van der Waals surface area contributed by atoms with E-state index in [1.165, 1.54) is 5.56 Å². The third kappa shape index (κ3) is 6.03. The van der Waals surface area contributed by atoms with Gasteiger partial charge in [-0.15, -0.1) is 0 Å². The minimum atomic E-state index is -0.845. The van der Waals surface area contributed by atoms with Crippen LogP contribution in [0.2, 0.25) is 0 Å². The summed E-state index contributed by atoms with van der Waals surface area (Å²) in [4.78, 5) is 16.4. The molecule has 3 rings (SSSR count). The SMILES string of the molecule is CCCCc1ncc(CNC(Cc2ccccc2)C(=O)O)n1Cc1ccccc1Br. The monoisotopic (exact) mass is 469 g/mol. The standard InChI is InChI=1S/C24H28BrN3O2/c1-2-3-13-23-27-16-20(28(23)17-19-11-7-8-12-21(19)25)15-26-22(24(29)30)14-18-9-5-4-6-10-18/h4-12,16,22,26H,2-3,13-15,17H2,1H3,(H,29,30). The Morgan fingerprint density at radius 3 is 2.60 bits per heavy atom. The van der Waals surface area contributed by atoms with E-state index in [0.717, 1.165) is 40.8 Å². The van der Waals surface area contributed by atoms with E-state index in [4.69, 9.17) is 0 Å². The van der Waals surface area contributed by atoms with Crippen LogP contribution >= 0.6 is 15.9 Å². The molecule has 5 nitrogen and oxygen atoms in total. The number of unbranched alkanes of at least 4 members (excludes halogenated alkanes) is 1. The zero-order chi connectivity index (χ0) is 21.3. The topological polar surface area (TPSA) is 67.2 Å². The van der Waals surface area contributed by atoms with Gasteiger partial charge in [0.05, 0.1) is 12.2 Å². The quantitative estimate of drug-likeness (QED) is 0.422. The van der Waals surface area contributed by atoms with Crippen LogP contribution in [0, 0.1) is 0 Å². The summed E-state index contributed by atoms with van der Waals surface area (Å²) < 4.78 is 3.27. The van der Waals surface area contributed by atoms with Gasteiger partial charge in [0.2, 0.25) is 0 Å². The van der Waals surface area contributed by atoms with Crippen molar-refractivity contribution in [2.45, 2.75) is 51.7 Å². The van der Waals surface area contributed by atoms with Gasteiger partial charge >= 0.3 is 5.97 Å². The number of aromatic nitrogens is 2. The van der Waals surface area contributed by atoms with E-state index >= 15 is 0 Å². The van der Waals surface area contributed by atoms with Gasteiger partial charge in [0.1, 0.15) is 11.9 Å². The van der Waals surface area contributed by atoms with Gasteiger partial charge in [0, 0.05) is 23.6 Å². The number of nitrogens with one attached hydrogen (secondary N) is 1. The number of hydrogen-bond donors (Lipinski definition) is 2. The van der Waals surface area contributed by atoms with Crippen molar-refractivity contribution < 1.29 is 9.90 Å². The molecule has 0 spiro atoms. The second kappa shape index (κ2) is 11.1. The molecule has 0 saturated carbocycles. The Kier molecular flexibility index (Phi) is 8.22. The zero-order valence-electron chi connectivity index (χ0n) is 17.2. The summed E-state index contributed by atoms with van der Waals surface area (Å²) in [7, 11) is 0. The first-order valence-corrected chi connectivity index (χ1v) is 11.1. The number of imidazole rings is 1. The molecule has 2 aromatic carbocycles. The normalized spacial score (nSPS) is 12.1. The van der Waals surface area contributed by atoms with Crippen LogP contribution in [0.15, 0.2) is 65.3 Å².